The van der Waals surface area contributed by atoms with Crippen molar-refractivity contribution in [3.8, 4) is 11.5 Å². The Morgan fingerprint density at radius 1 is 1.04 bits per heavy atom. The Bertz CT molecular complexity index is 681. The lowest BCUT2D eigenvalue weighted by molar-refractivity contribution is 0.0115. The molecule has 0 N–H and O–H groups in total. The Morgan fingerprint density at radius 2 is 1.72 bits per heavy atom. The van der Waals surface area contributed by atoms with Gasteiger partial charge in [0.15, 0.2) is 5.13 Å². The summed E-state index contributed by atoms with van der Waals surface area (Å²) in [6.07, 6.45) is 2.37. The fraction of sp³-hybridized carbons (Fsp3) is 0.611. The van der Waals surface area contributed by atoms with E-state index in [9.17, 15) is 0 Å². The third-order valence-electron chi connectivity index (χ3n) is 5.20. The largest absolute Gasteiger partial charge is 0.495 e. The van der Waals surface area contributed by atoms with Gasteiger partial charge in [0, 0.05) is 32.2 Å². The molecule has 2 saturated heterocycles. The zero-order chi connectivity index (χ0) is 17.2. The minimum atomic E-state index is 0.679. The van der Waals surface area contributed by atoms with E-state index in [1.165, 1.54) is 12.8 Å². The summed E-state index contributed by atoms with van der Waals surface area (Å²) in [7, 11) is 3.39. The smallest absolute Gasteiger partial charge is 0.186 e. The molecule has 25 heavy (non-hydrogen) atoms. The molecule has 3 heterocycles. The van der Waals surface area contributed by atoms with Crippen molar-refractivity contribution in [3.63, 3.8) is 0 Å². The highest BCUT2D eigenvalue weighted by atomic mass is 32.1. The molecule has 136 valence electrons. The van der Waals surface area contributed by atoms with Gasteiger partial charge >= 0.3 is 0 Å². The predicted octanol–water partition coefficient (Wildman–Crippen LogP) is 2.61. The molecule has 0 atom stereocenters. The monoisotopic (exact) mass is 363 g/mol. The van der Waals surface area contributed by atoms with Crippen LogP contribution in [-0.2, 0) is 4.74 Å². The summed E-state index contributed by atoms with van der Waals surface area (Å²) in [5.74, 6) is 1.67. The molecule has 2 aliphatic heterocycles. The van der Waals surface area contributed by atoms with Crippen LogP contribution in [0, 0.1) is 0 Å². The van der Waals surface area contributed by atoms with Crippen molar-refractivity contribution in [1.29, 1.82) is 0 Å². The summed E-state index contributed by atoms with van der Waals surface area (Å²) < 4.78 is 17.5. The maximum atomic E-state index is 5.50. The Labute approximate surface area is 152 Å². The molecule has 0 unspecified atom stereocenters. The zero-order valence-electron chi connectivity index (χ0n) is 14.9. The van der Waals surface area contributed by atoms with Crippen molar-refractivity contribution in [2.24, 2.45) is 0 Å². The number of benzene rings is 1. The molecule has 0 saturated carbocycles. The van der Waals surface area contributed by atoms with Crippen LogP contribution in [0.5, 0.6) is 11.5 Å². The summed E-state index contributed by atoms with van der Waals surface area (Å²) >= 11 is 1.70. The lowest BCUT2D eigenvalue weighted by atomic mass is 10.0. The number of fused-ring (bicyclic) bond motifs is 1. The Hall–Kier alpha value is -1.57. The van der Waals surface area contributed by atoms with Crippen molar-refractivity contribution in [2.45, 2.75) is 18.9 Å². The van der Waals surface area contributed by atoms with Gasteiger partial charge in [-0.3, -0.25) is 4.90 Å². The fourth-order valence-electron chi connectivity index (χ4n) is 3.77. The van der Waals surface area contributed by atoms with Crippen LogP contribution < -0.4 is 14.4 Å². The molecule has 1 aromatic carbocycles. The van der Waals surface area contributed by atoms with Crippen LogP contribution in [0.2, 0.25) is 0 Å². The zero-order valence-corrected chi connectivity index (χ0v) is 15.7. The van der Waals surface area contributed by atoms with Crippen molar-refractivity contribution >= 4 is 26.7 Å². The summed E-state index contributed by atoms with van der Waals surface area (Å²) in [4.78, 5) is 9.85. The second-order valence-electron chi connectivity index (χ2n) is 6.51. The van der Waals surface area contributed by atoms with Gasteiger partial charge in [0.05, 0.1) is 27.4 Å². The fourth-order valence-corrected chi connectivity index (χ4v) is 4.90. The van der Waals surface area contributed by atoms with Crippen LogP contribution in [0.4, 0.5) is 5.13 Å². The molecule has 4 rings (SSSR count). The van der Waals surface area contributed by atoms with Gasteiger partial charge in [0.25, 0.3) is 0 Å². The number of anilines is 1. The summed E-state index contributed by atoms with van der Waals surface area (Å²) in [6.45, 7) is 5.98. The molecular formula is C18H25N3O3S. The van der Waals surface area contributed by atoms with E-state index in [2.05, 4.69) is 9.80 Å². The van der Waals surface area contributed by atoms with E-state index in [1.807, 2.05) is 12.1 Å². The van der Waals surface area contributed by atoms with Crippen LogP contribution in [0.15, 0.2) is 12.1 Å². The number of nitrogens with zero attached hydrogens (tertiary/aromatic N) is 3. The molecule has 2 aliphatic rings. The number of methoxy groups -OCH3 is 2. The lowest BCUT2D eigenvalue weighted by Gasteiger charge is -2.40. The summed E-state index contributed by atoms with van der Waals surface area (Å²) in [5.41, 5.74) is 0.900. The third kappa shape index (κ3) is 3.28. The molecule has 1 aromatic heterocycles. The molecule has 0 spiro atoms. The van der Waals surface area contributed by atoms with Crippen LogP contribution >= 0.6 is 11.3 Å². The number of hydrogen-bond donors (Lipinski definition) is 0. The topological polar surface area (TPSA) is 47.1 Å². The number of rotatable bonds is 4. The summed E-state index contributed by atoms with van der Waals surface area (Å²) in [6, 6.07) is 4.56. The number of aromatic nitrogens is 1. The first-order valence-corrected chi connectivity index (χ1v) is 9.70. The second kappa shape index (κ2) is 7.35. The Morgan fingerprint density at radius 3 is 2.40 bits per heavy atom. The predicted molar refractivity (Wildman–Crippen MR) is 100 cm³/mol. The van der Waals surface area contributed by atoms with Crippen LogP contribution in [0.1, 0.15) is 12.8 Å². The molecule has 2 fully saturated rings. The van der Waals surface area contributed by atoms with Crippen LogP contribution in [0.25, 0.3) is 10.2 Å². The van der Waals surface area contributed by atoms with E-state index in [0.717, 1.165) is 66.2 Å². The average molecular weight is 363 g/mol. The van der Waals surface area contributed by atoms with Crippen molar-refractivity contribution in [3.05, 3.63) is 12.1 Å². The Kier molecular flexibility index (Phi) is 4.96. The van der Waals surface area contributed by atoms with Gasteiger partial charge in [-0.15, -0.1) is 0 Å². The first-order valence-electron chi connectivity index (χ1n) is 8.88. The van der Waals surface area contributed by atoms with Gasteiger partial charge in [0.2, 0.25) is 0 Å². The van der Waals surface area contributed by atoms with Gasteiger partial charge in [0.1, 0.15) is 21.7 Å². The molecule has 0 bridgehead atoms. The quantitative estimate of drug-likeness (QED) is 0.832. The molecule has 0 radical (unpaired) electrons. The second-order valence-corrected chi connectivity index (χ2v) is 7.49. The highest BCUT2D eigenvalue weighted by Gasteiger charge is 2.27. The molecule has 0 aliphatic carbocycles. The summed E-state index contributed by atoms with van der Waals surface area (Å²) in [5, 5.41) is 1.07. The van der Waals surface area contributed by atoms with Gasteiger partial charge in [-0.25, -0.2) is 4.98 Å². The standard InChI is InChI=1S/C18H25N3O3S/c1-22-14-3-4-15(23-2)17-16(14)19-18(25-17)21-7-5-13(6-8-21)20-9-11-24-12-10-20/h3-4,13H,5-12H2,1-2H3. The van der Waals surface area contributed by atoms with E-state index in [4.69, 9.17) is 19.2 Å². The van der Waals surface area contributed by atoms with E-state index in [1.54, 1.807) is 25.6 Å². The highest BCUT2D eigenvalue weighted by Crippen LogP contribution is 2.40. The van der Waals surface area contributed by atoms with Gasteiger partial charge < -0.3 is 19.1 Å². The van der Waals surface area contributed by atoms with Crippen LogP contribution in [0.3, 0.4) is 0 Å². The normalized spacial score (nSPS) is 20.2. The minimum absolute atomic E-state index is 0.679. The molecule has 0 amide bonds. The van der Waals surface area contributed by atoms with Crippen LogP contribution in [-0.4, -0.2) is 69.5 Å². The minimum Gasteiger partial charge on any atom is -0.495 e. The van der Waals surface area contributed by atoms with Crippen molar-refractivity contribution < 1.29 is 14.2 Å². The number of hydrogen-bond acceptors (Lipinski definition) is 7. The maximum absolute atomic E-state index is 5.50. The number of ether oxygens (including phenoxy) is 3. The Balaban J connectivity index is 1.51. The molecule has 6 nitrogen and oxygen atoms in total. The SMILES string of the molecule is COc1ccc(OC)c2sc(N3CCC(N4CCOCC4)CC3)nc12. The van der Waals surface area contributed by atoms with Gasteiger partial charge in [-0.1, -0.05) is 11.3 Å². The number of piperidine rings is 1. The first-order chi connectivity index (χ1) is 12.3. The third-order valence-corrected chi connectivity index (χ3v) is 6.33. The van der Waals surface area contributed by atoms with E-state index >= 15 is 0 Å². The van der Waals surface area contributed by atoms with Crippen molar-refractivity contribution in [2.75, 3.05) is 58.5 Å². The van der Waals surface area contributed by atoms with E-state index in [0.29, 0.717) is 6.04 Å². The van der Waals surface area contributed by atoms with Crippen molar-refractivity contribution in [1.82, 2.24) is 9.88 Å². The average Bonchev–Trinajstić information content (AvgIpc) is 3.13. The number of thiazole rings is 1. The van der Waals surface area contributed by atoms with Gasteiger partial charge in [-0.05, 0) is 25.0 Å². The maximum Gasteiger partial charge on any atom is 0.186 e. The molecule has 2 aromatic rings. The highest BCUT2D eigenvalue weighted by molar-refractivity contribution is 7.22. The van der Waals surface area contributed by atoms with Gasteiger partial charge in [-0.2, -0.15) is 0 Å². The van der Waals surface area contributed by atoms with E-state index < -0.39 is 0 Å². The van der Waals surface area contributed by atoms with E-state index in [-0.39, 0.29) is 0 Å². The molecular weight excluding hydrogens is 338 g/mol. The number of morpholine rings is 1. The first kappa shape index (κ1) is 16.9. The molecule has 7 heteroatoms. The lowest BCUT2D eigenvalue weighted by Crippen LogP contribution is -2.49.